The van der Waals surface area contributed by atoms with Gasteiger partial charge in [0, 0.05) is 13.6 Å². The predicted octanol–water partition coefficient (Wildman–Crippen LogP) is 0.0742. The summed E-state index contributed by atoms with van der Waals surface area (Å²) in [4.78, 5) is 15.0. The van der Waals surface area contributed by atoms with E-state index in [1.807, 2.05) is 42.3 Å². The first-order valence-corrected chi connectivity index (χ1v) is 8.65. The van der Waals surface area contributed by atoms with Gasteiger partial charge in [0.1, 0.15) is 24.6 Å². The van der Waals surface area contributed by atoms with Crippen molar-refractivity contribution in [2.24, 2.45) is 0 Å². The molecule has 1 aromatic carbocycles. The molecule has 3 heterocycles. The number of benzene rings is 1. The third-order valence-electron chi connectivity index (χ3n) is 4.75. The van der Waals surface area contributed by atoms with Gasteiger partial charge in [-0.3, -0.25) is 4.57 Å². The van der Waals surface area contributed by atoms with Gasteiger partial charge < -0.3 is 25.0 Å². The van der Waals surface area contributed by atoms with Crippen molar-refractivity contribution in [2.75, 3.05) is 18.6 Å². The van der Waals surface area contributed by atoms with Crippen molar-refractivity contribution in [2.45, 2.75) is 31.1 Å². The Morgan fingerprint density at radius 2 is 1.89 bits per heavy atom. The quantitative estimate of drug-likeness (QED) is 0.577. The monoisotopic (exact) mass is 371 g/mol. The fourth-order valence-corrected chi connectivity index (χ4v) is 3.35. The van der Waals surface area contributed by atoms with E-state index in [9.17, 15) is 15.3 Å². The van der Waals surface area contributed by atoms with Crippen LogP contribution in [0.2, 0.25) is 0 Å². The minimum absolute atomic E-state index is 0.387. The zero-order valence-electron chi connectivity index (χ0n) is 14.8. The minimum atomic E-state index is -1.19. The van der Waals surface area contributed by atoms with Crippen LogP contribution in [0, 0.1) is 0 Å². The fourth-order valence-electron chi connectivity index (χ4n) is 3.35. The highest BCUT2D eigenvalue weighted by Gasteiger charge is 2.44. The maximum absolute atomic E-state index is 10.3. The Morgan fingerprint density at radius 3 is 2.59 bits per heavy atom. The van der Waals surface area contributed by atoms with Crippen LogP contribution < -0.4 is 4.90 Å². The number of nitrogens with zero attached hydrogens (tertiary/aromatic N) is 5. The number of aliphatic hydroxyl groups is 3. The maximum Gasteiger partial charge on any atom is 0.167 e. The molecule has 1 aliphatic rings. The SMILES string of the molecule is CN(Cc1ccccc1)c1ncnc2c1ncn2[C@@H]1O[C@H](CO)[C@H](O)C1O. The Bertz CT molecular complexity index is 919. The number of anilines is 1. The van der Waals surface area contributed by atoms with E-state index in [2.05, 4.69) is 15.0 Å². The van der Waals surface area contributed by atoms with Crippen LogP contribution in [0.15, 0.2) is 43.0 Å². The summed E-state index contributed by atoms with van der Waals surface area (Å²) in [6, 6.07) is 10.00. The molecule has 0 saturated carbocycles. The van der Waals surface area contributed by atoms with Crippen molar-refractivity contribution in [3.63, 3.8) is 0 Å². The van der Waals surface area contributed by atoms with Crippen LogP contribution in [0.5, 0.6) is 0 Å². The van der Waals surface area contributed by atoms with Crippen molar-refractivity contribution in [3.05, 3.63) is 48.5 Å². The third-order valence-corrected chi connectivity index (χ3v) is 4.75. The molecule has 3 N–H and O–H groups in total. The second-order valence-corrected chi connectivity index (χ2v) is 6.59. The highest BCUT2D eigenvalue weighted by atomic mass is 16.6. The number of hydrogen-bond acceptors (Lipinski definition) is 8. The van der Waals surface area contributed by atoms with Gasteiger partial charge >= 0.3 is 0 Å². The van der Waals surface area contributed by atoms with Crippen LogP contribution in [0.4, 0.5) is 5.82 Å². The first-order chi connectivity index (χ1) is 13.1. The minimum Gasteiger partial charge on any atom is -0.394 e. The van der Waals surface area contributed by atoms with Crippen molar-refractivity contribution in [3.8, 4) is 0 Å². The van der Waals surface area contributed by atoms with Crippen LogP contribution >= 0.6 is 0 Å². The Morgan fingerprint density at radius 1 is 1.11 bits per heavy atom. The molecular weight excluding hydrogens is 350 g/mol. The third kappa shape index (κ3) is 3.15. The van der Waals surface area contributed by atoms with Crippen molar-refractivity contribution in [1.82, 2.24) is 19.5 Å². The smallest absolute Gasteiger partial charge is 0.167 e. The first kappa shape index (κ1) is 17.8. The Labute approximate surface area is 155 Å². The Hall–Kier alpha value is -2.59. The summed E-state index contributed by atoms with van der Waals surface area (Å²) in [5.41, 5.74) is 2.18. The summed E-state index contributed by atoms with van der Waals surface area (Å²) in [5, 5.41) is 29.6. The zero-order chi connectivity index (χ0) is 19.0. The van der Waals surface area contributed by atoms with Gasteiger partial charge in [0.15, 0.2) is 23.2 Å². The molecule has 0 amide bonds. The largest absolute Gasteiger partial charge is 0.394 e. The first-order valence-electron chi connectivity index (χ1n) is 8.65. The highest BCUT2D eigenvalue weighted by molar-refractivity contribution is 5.83. The molecule has 1 unspecified atom stereocenters. The lowest BCUT2D eigenvalue weighted by Gasteiger charge is -2.19. The number of aromatic nitrogens is 4. The number of aliphatic hydroxyl groups excluding tert-OH is 3. The molecule has 1 aliphatic heterocycles. The topological polar surface area (TPSA) is 117 Å². The summed E-state index contributed by atoms with van der Waals surface area (Å²) in [6.45, 7) is 0.259. The van der Waals surface area contributed by atoms with E-state index in [1.165, 1.54) is 12.7 Å². The summed E-state index contributed by atoms with van der Waals surface area (Å²) in [5.74, 6) is 0.648. The molecule has 142 valence electrons. The molecule has 0 bridgehead atoms. The molecule has 9 nitrogen and oxygen atoms in total. The van der Waals surface area contributed by atoms with Gasteiger partial charge in [-0.05, 0) is 5.56 Å². The number of rotatable bonds is 5. The van der Waals surface area contributed by atoms with Crippen molar-refractivity contribution >= 4 is 17.0 Å². The standard InChI is InChI=1S/C18H21N5O4/c1-22(7-11-5-3-2-4-6-11)16-13-17(20-9-19-16)23(10-21-13)18-15(26)14(25)12(8-24)27-18/h2-6,9-10,12,14-15,18,24-26H,7-8H2,1H3/t12-,14+,15?,18-/m1/s1. The van der Waals surface area contributed by atoms with Crippen molar-refractivity contribution in [1.29, 1.82) is 0 Å². The molecule has 0 radical (unpaired) electrons. The van der Waals surface area contributed by atoms with Crippen molar-refractivity contribution < 1.29 is 20.1 Å². The average molecular weight is 371 g/mol. The van der Waals surface area contributed by atoms with Crippen LogP contribution in [0.1, 0.15) is 11.8 Å². The second kappa shape index (κ2) is 7.20. The van der Waals surface area contributed by atoms with E-state index < -0.39 is 24.5 Å². The van der Waals surface area contributed by atoms with E-state index >= 15 is 0 Å². The van der Waals surface area contributed by atoms with Crippen LogP contribution in [-0.4, -0.2) is 66.8 Å². The van der Waals surface area contributed by atoms with E-state index in [0.29, 0.717) is 23.5 Å². The maximum atomic E-state index is 10.3. The molecule has 3 aromatic rings. The molecule has 27 heavy (non-hydrogen) atoms. The molecule has 9 heteroatoms. The molecule has 2 aromatic heterocycles. The van der Waals surface area contributed by atoms with E-state index in [1.54, 1.807) is 4.57 Å². The van der Waals surface area contributed by atoms with Gasteiger partial charge in [-0.1, -0.05) is 30.3 Å². The molecule has 4 rings (SSSR count). The van der Waals surface area contributed by atoms with Crippen LogP contribution in [-0.2, 0) is 11.3 Å². The van der Waals surface area contributed by atoms with E-state index in [0.717, 1.165) is 5.56 Å². The van der Waals surface area contributed by atoms with Gasteiger partial charge in [-0.2, -0.15) is 0 Å². The van der Waals surface area contributed by atoms with Crippen LogP contribution in [0.25, 0.3) is 11.2 Å². The summed E-state index contributed by atoms with van der Waals surface area (Å²) in [7, 11) is 1.92. The molecule has 0 spiro atoms. The van der Waals surface area contributed by atoms with Gasteiger partial charge in [0.05, 0.1) is 12.9 Å². The number of ether oxygens (including phenoxy) is 1. The lowest BCUT2D eigenvalue weighted by Crippen LogP contribution is -2.33. The van der Waals surface area contributed by atoms with E-state index in [4.69, 9.17) is 4.74 Å². The molecule has 1 fully saturated rings. The molecule has 1 saturated heterocycles. The number of fused-ring (bicyclic) bond motifs is 1. The molecule has 4 atom stereocenters. The van der Waals surface area contributed by atoms with Gasteiger partial charge in [-0.15, -0.1) is 0 Å². The lowest BCUT2D eigenvalue weighted by atomic mass is 10.1. The average Bonchev–Trinajstić information content (AvgIpc) is 3.24. The van der Waals surface area contributed by atoms with Crippen LogP contribution in [0.3, 0.4) is 0 Å². The second-order valence-electron chi connectivity index (χ2n) is 6.59. The summed E-state index contributed by atoms with van der Waals surface area (Å²) < 4.78 is 7.14. The fraction of sp³-hybridized carbons (Fsp3) is 0.389. The molecular formula is C18H21N5O4. The number of hydrogen-bond donors (Lipinski definition) is 3. The Kier molecular flexibility index (Phi) is 4.75. The Balaban J connectivity index is 1.66. The van der Waals surface area contributed by atoms with Gasteiger partial charge in [0.2, 0.25) is 0 Å². The summed E-state index contributed by atoms with van der Waals surface area (Å²) >= 11 is 0. The number of imidazole rings is 1. The molecule has 0 aliphatic carbocycles. The lowest BCUT2D eigenvalue weighted by molar-refractivity contribution is -0.0511. The van der Waals surface area contributed by atoms with Gasteiger partial charge in [0.25, 0.3) is 0 Å². The van der Waals surface area contributed by atoms with E-state index in [-0.39, 0.29) is 6.61 Å². The van der Waals surface area contributed by atoms with Gasteiger partial charge in [-0.25, -0.2) is 15.0 Å². The normalized spacial score (nSPS) is 25.2. The summed E-state index contributed by atoms with van der Waals surface area (Å²) in [6.07, 6.45) is -1.19. The highest BCUT2D eigenvalue weighted by Crippen LogP contribution is 2.32. The predicted molar refractivity (Wildman–Crippen MR) is 96.9 cm³/mol. The zero-order valence-corrected chi connectivity index (χ0v) is 14.8.